The van der Waals surface area contributed by atoms with Crippen LogP contribution >= 0.6 is 0 Å². The molecule has 2 atom stereocenters. The Labute approximate surface area is 216 Å². The lowest BCUT2D eigenvalue weighted by Crippen LogP contribution is -2.31. The number of hydrogen-bond acceptors (Lipinski definition) is 9. The Balaban J connectivity index is 0.00000186. The number of aromatic nitrogens is 2. The summed E-state index contributed by atoms with van der Waals surface area (Å²) in [5.74, 6) is 1.01. The number of rotatable bonds is 8. The zero-order valence-electron chi connectivity index (χ0n) is 20.8. The van der Waals surface area contributed by atoms with E-state index in [1.807, 2.05) is 30.3 Å². The van der Waals surface area contributed by atoms with Crippen molar-refractivity contribution in [3.05, 3.63) is 77.1 Å². The molecule has 2 aromatic carbocycles. The van der Waals surface area contributed by atoms with Gasteiger partial charge in [0.1, 0.15) is 23.7 Å². The Morgan fingerprint density at radius 3 is 2.59 bits per heavy atom. The van der Waals surface area contributed by atoms with Gasteiger partial charge in [-0.05, 0) is 50.1 Å². The van der Waals surface area contributed by atoms with Crippen LogP contribution in [0.2, 0.25) is 0 Å². The second kappa shape index (κ2) is 13.1. The molecule has 194 valence electrons. The average Bonchev–Trinajstić information content (AvgIpc) is 2.93. The number of aliphatic hydroxyl groups excluding tert-OH is 1. The summed E-state index contributed by atoms with van der Waals surface area (Å²) in [6.07, 6.45) is 4.33. The quantitative estimate of drug-likeness (QED) is 0.256. The Bertz CT molecular complexity index is 1220. The minimum absolute atomic E-state index is 0.0637. The summed E-state index contributed by atoms with van der Waals surface area (Å²) in [4.78, 5) is 21.0. The fraction of sp³-hybridized carbons (Fsp3) is 0.296. The predicted octanol–water partition coefficient (Wildman–Crippen LogP) is 3.39. The topological polar surface area (TPSA) is 170 Å². The van der Waals surface area contributed by atoms with Gasteiger partial charge in [0.25, 0.3) is 5.91 Å². The zero-order valence-corrected chi connectivity index (χ0v) is 20.8. The van der Waals surface area contributed by atoms with E-state index in [0.717, 1.165) is 24.8 Å². The maximum Gasteiger partial charge on any atom is 0.255 e. The number of hydrogen-bond donors (Lipinski definition) is 6. The van der Waals surface area contributed by atoms with Gasteiger partial charge >= 0.3 is 0 Å². The molecule has 37 heavy (non-hydrogen) atoms. The summed E-state index contributed by atoms with van der Waals surface area (Å²) >= 11 is 0. The lowest BCUT2D eigenvalue weighted by atomic mass is 9.92. The first kappa shape index (κ1) is 27.3. The van der Waals surface area contributed by atoms with E-state index in [2.05, 4.69) is 27.3 Å². The van der Waals surface area contributed by atoms with E-state index in [4.69, 9.17) is 21.3 Å². The molecular formula is C27H33N7O3. The lowest BCUT2D eigenvalue weighted by molar-refractivity contribution is 0.0947. The van der Waals surface area contributed by atoms with Crippen LogP contribution in [0.1, 0.15) is 52.7 Å². The molecule has 1 fully saturated rings. The maximum absolute atomic E-state index is 12.5. The van der Waals surface area contributed by atoms with Crippen molar-refractivity contribution in [2.45, 2.75) is 44.4 Å². The summed E-state index contributed by atoms with van der Waals surface area (Å²) in [5.41, 5.74) is 8.79. The van der Waals surface area contributed by atoms with E-state index >= 15 is 0 Å². The standard InChI is InChI=1S/C26H30N6O3.CH3N/c1-35-21-8-3-2-7-20(21)26(34)29-14-16-9-11-17(12-10-16)23(27)22-24(28)30-15-31-25(22)32-18-5-4-6-19(33)13-18;1-2/h2-3,7-12,15,18-19,27,33H,4-6,13-14H2,1H3,(H,29,34)(H3,28,30,31,32);2H,1H2. The van der Waals surface area contributed by atoms with Gasteiger partial charge in [0.2, 0.25) is 0 Å². The number of carbonyl (C=O) groups is 1. The van der Waals surface area contributed by atoms with Gasteiger partial charge in [0.05, 0.1) is 30.1 Å². The Morgan fingerprint density at radius 2 is 1.89 bits per heavy atom. The molecule has 4 rings (SSSR count). The normalized spacial score (nSPS) is 16.6. The summed E-state index contributed by atoms with van der Waals surface area (Å²) in [7, 11) is 1.53. The molecule has 0 saturated heterocycles. The highest BCUT2D eigenvalue weighted by molar-refractivity contribution is 6.16. The second-order valence-electron chi connectivity index (χ2n) is 8.60. The highest BCUT2D eigenvalue weighted by Crippen LogP contribution is 2.26. The van der Waals surface area contributed by atoms with Gasteiger partial charge in [-0.15, -0.1) is 0 Å². The minimum atomic E-state index is -0.334. The van der Waals surface area contributed by atoms with Crippen LogP contribution in [0.15, 0.2) is 54.9 Å². The molecule has 1 aromatic heterocycles. The number of nitrogen functional groups attached to an aromatic ring is 1. The van der Waals surface area contributed by atoms with Crippen molar-refractivity contribution in [2.75, 3.05) is 18.2 Å². The van der Waals surface area contributed by atoms with Gasteiger partial charge in [-0.2, -0.15) is 0 Å². The van der Waals surface area contributed by atoms with E-state index in [9.17, 15) is 9.90 Å². The molecule has 1 amide bonds. The van der Waals surface area contributed by atoms with Crippen molar-refractivity contribution in [1.82, 2.24) is 15.3 Å². The number of anilines is 2. The maximum atomic E-state index is 12.5. The lowest BCUT2D eigenvalue weighted by Gasteiger charge is -2.28. The fourth-order valence-corrected chi connectivity index (χ4v) is 4.29. The van der Waals surface area contributed by atoms with Gasteiger partial charge in [-0.25, -0.2) is 9.97 Å². The number of amides is 1. The molecule has 1 aliphatic carbocycles. The van der Waals surface area contributed by atoms with Crippen LogP contribution in [0.25, 0.3) is 0 Å². The largest absolute Gasteiger partial charge is 0.496 e. The summed E-state index contributed by atoms with van der Waals surface area (Å²) < 4.78 is 5.25. The monoisotopic (exact) mass is 503 g/mol. The van der Waals surface area contributed by atoms with Gasteiger partial charge in [0, 0.05) is 18.2 Å². The molecule has 7 N–H and O–H groups in total. The molecule has 1 aliphatic rings. The number of ether oxygens (including phenoxy) is 1. The first-order valence-corrected chi connectivity index (χ1v) is 12.0. The summed E-state index contributed by atoms with van der Waals surface area (Å²) in [6.45, 7) is 2.83. The van der Waals surface area contributed by atoms with E-state index < -0.39 is 0 Å². The Hall–Kier alpha value is -4.31. The highest BCUT2D eigenvalue weighted by atomic mass is 16.5. The van der Waals surface area contributed by atoms with Crippen molar-refractivity contribution in [3.8, 4) is 5.75 Å². The molecule has 0 aliphatic heterocycles. The molecule has 3 aromatic rings. The molecule has 10 nitrogen and oxygen atoms in total. The third kappa shape index (κ3) is 6.89. The predicted molar refractivity (Wildman–Crippen MR) is 145 cm³/mol. The Kier molecular flexibility index (Phi) is 9.68. The van der Waals surface area contributed by atoms with Gasteiger partial charge < -0.3 is 31.6 Å². The third-order valence-electron chi connectivity index (χ3n) is 6.16. The minimum Gasteiger partial charge on any atom is -0.496 e. The second-order valence-corrected chi connectivity index (χ2v) is 8.60. The average molecular weight is 504 g/mol. The molecular weight excluding hydrogens is 470 g/mol. The van der Waals surface area contributed by atoms with E-state index in [0.29, 0.717) is 41.2 Å². The molecule has 1 heterocycles. The van der Waals surface area contributed by atoms with Crippen LogP contribution < -0.4 is 21.1 Å². The number of para-hydroxylation sites is 1. The molecule has 1 saturated carbocycles. The van der Waals surface area contributed by atoms with Crippen molar-refractivity contribution in [2.24, 2.45) is 0 Å². The van der Waals surface area contributed by atoms with Crippen molar-refractivity contribution < 1.29 is 14.6 Å². The molecule has 0 radical (unpaired) electrons. The molecule has 0 spiro atoms. The van der Waals surface area contributed by atoms with E-state index in [1.165, 1.54) is 13.4 Å². The van der Waals surface area contributed by atoms with Gasteiger partial charge in [-0.1, -0.05) is 36.4 Å². The van der Waals surface area contributed by atoms with Crippen LogP contribution in [-0.2, 0) is 6.54 Å². The fourth-order valence-electron chi connectivity index (χ4n) is 4.29. The van der Waals surface area contributed by atoms with E-state index in [-0.39, 0.29) is 29.6 Å². The Morgan fingerprint density at radius 1 is 1.16 bits per heavy atom. The number of nitrogens with one attached hydrogen (secondary N) is 4. The number of nitrogens with zero attached hydrogens (tertiary/aromatic N) is 2. The number of methoxy groups -OCH3 is 1. The number of nitrogens with two attached hydrogens (primary N) is 1. The summed E-state index contributed by atoms with van der Waals surface area (Å²) in [6, 6.07) is 14.5. The van der Waals surface area contributed by atoms with Crippen molar-refractivity contribution in [3.63, 3.8) is 0 Å². The number of carbonyl (C=O) groups excluding carboxylic acids is 1. The first-order valence-electron chi connectivity index (χ1n) is 12.0. The van der Waals surface area contributed by atoms with Gasteiger partial charge in [-0.3, -0.25) is 10.2 Å². The van der Waals surface area contributed by atoms with Crippen LogP contribution in [-0.4, -0.2) is 52.7 Å². The van der Waals surface area contributed by atoms with Crippen LogP contribution in [0.5, 0.6) is 5.75 Å². The molecule has 0 bridgehead atoms. The van der Waals surface area contributed by atoms with E-state index in [1.54, 1.807) is 18.2 Å². The first-order chi connectivity index (χ1) is 18.0. The smallest absolute Gasteiger partial charge is 0.255 e. The van der Waals surface area contributed by atoms with Crippen molar-refractivity contribution >= 4 is 30.0 Å². The third-order valence-corrected chi connectivity index (χ3v) is 6.16. The van der Waals surface area contributed by atoms with Crippen LogP contribution in [0.3, 0.4) is 0 Å². The number of benzene rings is 2. The van der Waals surface area contributed by atoms with Crippen LogP contribution in [0.4, 0.5) is 11.6 Å². The number of aliphatic hydroxyl groups is 1. The van der Waals surface area contributed by atoms with Gasteiger partial charge in [0.15, 0.2) is 0 Å². The summed E-state index contributed by atoms with van der Waals surface area (Å²) in [5, 5.41) is 30.5. The zero-order chi connectivity index (χ0) is 26.8. The van der Waals surface area contributed by atoms with Crippen molar-refractivity contribution in [1.29, 1.82) is 10.8 Å². The SMILES string of the molecule is C=N.COc1ccccc1C(=O)NCc1ccc(C(=N)c2c(N)ncnc2NC2CCCC(O)C2)cc1. The molecule has 2 unspecified atom stereocenters. The highest BCUT2D eigenvalue weighted by Gasteiger charge is 2.23. The molecule has 10 heteroatoms. The van der Waals surface area contributed by atoms with Crippen LogP contribution in [0, 0.1) is 10.8 Å².